The van der Waals surface area contributed by atoms with Crippen molar-refractivity contribution in [3.63, 3.8) is 0 Å². The number of amides is 1. The van der Waals surface area contributed by atoms with Gasteiger partial charge in [-0.15, -0.1) is 10.2 Å². The fourth-order valence-electron chi connectivity index (χ4n) is 2.28. The molecule has 1 aromatic carbocycles. The number of nitrogens with one attached hydrogen (secondary N) is 3. The van der Waals surface area contributed by atoms with E-state index in [0.29, 0.717) is 30.3 Å². The Kier molecular flexibility index (Phi) is 6.03. The first-order chi connectivity index (χ1) is 13.6. The minimum Gasteiger partial charge on any atom is -0.367 e. The van der Waals surface area contributed by atoms with Gasteiger partial charge in [-0.25, -0.2) is 0 Å². The zero-order valence-corrected chi connectivity index (χ0v) is 14.7. The summed E-state index contributed by atoms with van der Waals surface area (Å²) in [4.78, 5) is 26.1. The molecule has 0 spiro atoms. The van der Waals surface area contributed by atoms with Crippen molar-refractivity contribution in [3.8, 4) is 0 Å². The van der Waals surface area contributed by atoms with Crippen molar-refractivity contribution in [2.45, 2.75) is 0 Å². The number of hydrogen-bond donors (Lipinski definition) is 3. The number of aromatic nitrogens is 3. The molecule has 2 aromatic heterocycles. The Hall–Kier alpha value is -4.08. The van der Waals surface area contributed by atoms with Gasteiger partial charge in [-0.1, -0.05) is 0 Å². The van der Waals surface area contributed by atoms with E-state index in [1.165, 1.54) is 24.3 Å². The highest BCUT2D eigenvalue weighted by molar-refractivity contribution is 5.94. The first-order valence-corrected chi connectivity index (χ1v) is 8.39. The van der Waals surface area contributed by atoms with E-state index >= 15 is 0 Å². The quantitative estimate of drug-likeness (QED) is 0.308. The van der Waals surface area contributed by atoms with Crippen LogP contribution >= 0.6 is 0 Å². The molecule has 3 aromatic rings. The molecule has 10 heteroatoms. The SMILES string of the molecule is O=C(NCCNc1ccc(Nc2cccnc2)nn1)c1ccc([N+](=O)[O-])cc1. The molecular formula is C18H17N7O3. The molecule has 0 saturated carbocycles. The van der Waals surface area contributed by atoms with Gasteiger partial charge in [-0.3, -0.25) is 19.9 Å². The minimum atomic E-state index is -0.510. The number of hydrogen-bond acceptors (Lipinski definition) is 8. The lowest BCUT2D eigenvalue weighted by atomic mass is 10.2. The van der Waals surface area contributed by atoms with Crippen LogP contribution in [0.3, 0.4) is 0 Å². The summed E-state index contributed by atoms with van der Waals surface area (Å²) in [5.74, 6) is 0.852. The van der Waals surface area contributed by atoms with Gasteiger partial charge in [0.2, 0.25) is 0 Å². The number of non-ortho nitro benzene ring substituents is 1. The molecule has 0 unspecified atom stereocenters. The van der Waals surface area contributed by atoms with Crippen LogP contribution in [-0.2, 0) is 0 Å². The molecule has 1 amide bonds. The first kappa shape index (κ1) is 18.7. The van der Waals surface area contributed by atoms with Gasteiger partial charge in [-0.2, -0.15) is 0 Å². The van der Waals surface area contributed by atoms with Crippen molar-refractivity contribution in [1.29, 1.82) is 0 Å². The molecule has 0 fully saturated rings. The van der Waals surface area contributed by atoms with E-state index in [-0.39, 0.29) is 11.6 Å². The summed E-state index contributed by atoms with van der Waals surface area (Å²) < 4.78 is 0. The van der Waals surface area contributed by atoms with Crippen molar-refractivity contribution in [2.24, 2.45) is 0 Å². The average Bonchev–Trinajstić information content (AvgIpc) is 2.73. The van der Waals surface area contributed by atoms with Crippen LogP contribution in [0.5, 0.6) is 0 Å². The Morgan fingerprint density at radius 3 is 2.39 bits per heavy atom. The number of carbonyl (C=O) groups is 1. The molecule has 3 rings (SSSR count). The van der Waals surface area contributed by atoms with Gasteiger partial charge < -0.3 is 16.0 Å². The third-order valence-electron chi connectivity index (χ3n) is 3.66. The van der Waals surface area contributed by atoms with Crippen molar-refractivity contribution in [1.82, 2.24) is 20.5 Å². The predicted octanol–water partition coefficient (Wildman–Crippen LogP) is 2.37. The van der Waals surface area contributed by atoms with Gasteiger partial charge in [0, 0.05) is 37.0 Å². The lowest BCUT2D eigenvalue weighted by Gasteiger charge is -2.08. The van der Waals surface area contributed by atoms with Crippen molar-refractivity contribution >= 4 is 28.9 Å². The maximum atomic E-state index is 12.0. The minimum absolute atomic E-state index is 0.0572. The van der Waals surface area contributed by atoms with E-state index in [9.17, 15) is 14.9 Å². The Morgan fingerprint density at radius 2 is 1.75 bits per heavy atom. The lowest BCUT2D eigenvalue weighted by Crippen LogP contribution is -2.28. The lowest BCUT2D eigenvalue weighted by molar-refractivity contribution is -0.384. The van der Waals surface area contributed by atoms with E-state index in [0.717, 1.165) is 5.69 Å². The fraction of sp³-hybridized carbons (Fsp3) is 0.111. The van der Waals surface area contributed by atoms with E-state index in [4.69, 9.17) is 0 Å². The smallest absolute Gasteiger partial charge is 0.269 e. The molecule has 0 atom stereocenters. The number of carbonyl (C=O) groups excluding carboxylic acids is 1. The van der Waals surface area contributed by atoms with E-state index in [1.807, 2.05) is 12.1 Å². The Bertz CT molecular complexity index is 932. The van der Waals surface area contributed by atoms with E-state index in [2.05, 4.69) is 31.1 Å². The number of anilines is 3. The van der Waals surface area contributed by atoms with Crippen molar-refractivity contribution in [2.75, 3.05) is 23.7 Å². The number of pyridine rings is 1. The molecule has 0 saturated heterocycles. The van der Waals surface area contributed by atoms with Crippen LogP contribution in [0.25, 0.3) is 0 Å². The molecule has 0 aliphatic rings. The van der Waals surface area contributed by atoms with Crippen LogP contribution in [-0.4, -0.2) is 39.1 Å². The highest BCUT2D eigenvalue weighted by Crippen LogP contribution is 2.13. The summed E-state index contributed by atoms with van der Waals surface area (Å²) in [5, 5.41) is 27.6. The molecule has 142 valence electrons. The number of nitro benzene ring substituents is 1. The van der Waals surface area contributed by atoms with Gasteiger partial charge in [0.25, 0.3) is 11.6 Å². The van der Waals surface area contributed by atoms with Crippen LogP contribution < -0.4 is 16.0 Å². The third-order valence-corrected chi connectivity index (χ3v) is 3.66. The maximum Gasteiger partial charge on any atom is 0.269 e. The summed E-state index contributed by atoms with van der Waals surface area (Å²) in [6.45, 7) is 0.802. The molecule has 10 nitrogen and oxygen atoms in total. The normalized spacial score (nSPS) is 10.1. The van der Waals surface area contributed by atoms with Crippen LogP contribution in [0.4, 0.5) is 23.0 Å². The third kappa shape index (κ3) is 5.21. The summed E-state index contributed by atoms with van der Waals surface area (Å²) in [6.07, 6.45) is 3.37. The largest absolute Gasteiger partial charge is 0.367 e. The van der Waals surface area contributed by atoms with E-state index < -0.39 is 4.92 Å². The van der Waals surface area contributed by atoms with Gasteiger partial charge in [0.15, 0.2) is 5.82 Å². The van der Waals surface area contributed by atoms with Gasteiger partial charge in [0.05, 0.1) is 16.8 Å². The zero-order chi connectivity index (χ0) is 19.8. The van der Waals surface area contributed by atoms with Crippen molar-refractivity contribution < 1.29 is 9.72 Å². The van der Waals surface area contributed by atoms with Crippen molar-refractivity contribution in [3.05, 3.63) is 76.6 Å². The second kappa shape index (κ2) is 9.03. The Morgan fingerprint density at radius 1 is 1.00 bits per heavy atom. The van der Waals surface area contributed by atoms with Gasteiger partial charge in [0.1, 0.15) is 5.82 Å². The highest BCUT2D eigenvalue weighted by atomic mass is 16.6. The molecule has 28 heavy (non-hydrogen) atoms. The number of rotatable bonds is 8. The molecule has 0 aliphatic carbocycles. The molecular weight excluding hydrogens is 362 g/mol. The zero-order valence-electron chi connectivity index (χ0n) is 14.7. The summed E-state index contributed by atoms with van der Waals surface area (Å²) >= 11 is 0. The summed E-state index contributed by atoms with van der Waals surface area (Å²) in [7, 11) is 0. The molecule has 2 heterocycles. The maximum absolute atomic E-state index is 12.0. The topological polar surface area (TPSA) is 135 Å². The van der Waals surface area contributed by atoms with Crippen LogP contribution in [0.1, 0.15) is 10.4 Å². The second-order valence-corrected chi connectivity index (χ2v) is 5.66. The second-order valence-electron chi connectivity index (χ2n) is 5.66. The van der Waals surface area contributed by atoms with E-state index in [1.54, 1.807) is 24.5 Å². The summed E-state index contributed by atoms with van der Waals surface area (Å²) in [5.41, 5.74) is 1.11. The number of benzene rings is 1. The Labute approximate surface area is 160 Å². The molecule has 0 radical (unpaired) electrons. The van der Waals surface area contributed by atoms with Crippen LogP contribution in [0, 0.1) is 10.1 Å². The van der Waals surface area contributed by atoms with Gasteiger partial charge in [-0.05, 0) is 36.4 Å². The number of nitrogens with zero attached hydrogens (tertiary/aromatic N) is 4. The van der Waals surface area contributed by atoms with Gasteiger partial charge >= 0.3 is 0 Å². The van der Waals surface area contributed by atoms with Crippen LogP contribution in [0.15, 0.2) is 60.9 Å². The Balaban J connectivity index is 1.42. The standard InChI is InChI=1S/C18H17N7O3/c26-18(13-3-5-15(6-4-13)25(27)28)21-11-10-20-16-7-8-17(24-23-16)22-14-2-1-9-19-12-14/h1-9,12H,10-11H2,(H,20,23)(H,21,26)(H,22,24). The number of nitro groups is 1. The molecule has 3 N–H and O–H groups in total. The monoisotopic (exact) mass is 379 g/mol. The molecule has 0 aliphatic heterocycles. The predicted molar refractivity (Wildman–Crippen MR) is 103 cm³/mol. The highest BCUT2D eigenvalue weighted by Gasteiger charge is 2.08. The average molecular weight is 379 g/mol. The first-order valence-electron chi connectivity index (χ1n) is 8.39. The fourth-order valence-corrected chi connectivity index (χ4v) is 2.28. The van der Waals surface area contributed by atoms with Crippen LogP contribution in [0.2, 0.25) is 0 Å². The molecule has 0 bridgehead atoms. The summed E-state index contributed by atoms with van der Waals surface area (Å²) in [6, 6.07) is 12.7.